The molecule has 5 aromatic carbocycles. The van der Waals surface area contributed by atoms with Crippen LogP contribution in [0, 0.1) is 0 Å². The Morgan fingerprint density at radius 1 is 0.405 bits per heavy atom. The summed E-state index contributed by atoms with van der Waals surface area (Å²) in [5, 5.41) is 2.33. The van der Waals surface area contributed by atoms with Crippen molar-refractivity contribution in [1.82, 2.24) is 9.97 Å². The summed E-state index contributed by atoms with van der Waals surface area (Å²) in [6.45, 7) is 0. The summed E-state index contributed by atoms with van der Waals surface area (Å²) in [6, 6.07) is 46.7. The summed E-state index contributed by atoms with van der Waals surface area (Å²) in [6.07, 6.45) is 0. The number of hydrogen-bond donors (Lipinski definition) is 0. The zero-order valence-electron chi connectivity index (χ0n) is 20.0. The monoisotopic (exact) mass is 490 g/mol. The Kier molecular flexibility index (Phi) is 5.34. The summed E-state index contributed by atoms with van der Waals surface area (Å²) in [4.78, 5) is 11.2. The molecular weight excluding hydrogens is 468 g/mol. The van der Waals surface area contributed by atoms with Gasteiger partial charge in [0.15, 0.2) is 5.82 Å². The van der Waals surface area contributed by atoms with Crippen LogP contribution in [0.3, 0.4) is 0 Å². The second kappa shape index (κ2) is 9.12. The van der Waals surface area contributed by atoms with Gasteiger partial charge in [0.2, 0.25) is 0 Å². The highest BCUT2D eigenvalue weighted by atomic mass is 32.1. The van der Waals surface area contributed by atoms with Gasteiger partial charge in [0.1, 0.15) is 4.83 Å². The lowest BCUT2D eigenvalue weighted by atomic mass is 10.0. The Labute approximate surface area is 219 Å². The summed E-state index contributed by atoms with van der Waals surface area (Å²) < 4.78 is 1.23. The van der Waals surface area contributed by atoms with Crippen LogP contribution in [-0.4, -0.2) is 9.97 Å². The predicted molar refractivity (Wildman–Crippen MR) is 157 cm³/mol. The molecule has 7 rings (SSSR count). The lowest BCUT2D eigenvalue weighted by Gasteiger charge is -2.09. The molecule has 0 radical (unpaired) electrons. The van der Waals surface area contributed by atoms with Crippen LogP contribution in [0.5, 0.6) is 0 Å². The maximum absolute atomic E-state index is 5.16. The van der Waals surface area contributed by atoms with Crippen LogP contribution in [-0.2, 0) is 0 Å². The standard InChI is InChI=1S/C34H22N2S/c1-3-9-23(10-4-1)25-15-19-27(20-16-25)32-31-29-13-7-8-14-30(29)37-34(31)36-33(35-32)28-21-17-26(18-22-28)24-11-5-2-6-12-24/h1-22H. The van der Waals surface area contributed by atoms with Crippen LogP contribution >= 0.6 is 11.3 Å². The van der Waals surface area contributed by atoms with Crippen molar-refractivity contribution in [3.63, 3.8) is 0 Å². The van der Waals surface area contributed by atoms with E-state index in [1.807, 2.05) is 12.1 Å². The van der Waals surface area contributed by atoms with E-state index in [-0.39, 0.29) is 0 Å². The smallest absolute Gasteiger partial charge is 0.161 e. The van der Waals surface area contributed by atoms with Gasteiger partial charge in [-0.05, 0) is 28.3 Å². The van der Waals surface area contributed by atoms with Gasteiger partial charge in [0.25, 0.3) is 0 Å². The average molecular weight is 491 g/mol. The van der Waals surface area contributed by atoms with Gasteiger partial charge in [-0.25, -0.2) is 9.97 Å². The molecule has 2 aromatic heterocycles. The lowest BCUT2D eigenvalue weighted by molar-refractivity contribution is 1.24. The number of hydrogen-bond acceptors (Lipinski definition) is 3. The second-order valence-electron chi connectivity index (χ2n) is 9.06. The van der Waals surface area contributed by atoms with Crippen molar-refractivity contribution in [2.24, 2.45) is 0 Å². The van der Waals surface area contributed by atoms with Crippen LogP contribution in [0.15, 0.2) is 133 Å². The molecule has 37 heavy (non-hydrogen) atoms. The Balaban J connectivity index is 1.38. The minimum absolute atomic E-state index is 0.751. The molecule has 0 saturated carbocycles. The summed E-state index contributed by atoms with van der Waals surface area (Å²) >= 11 is 1.73. The third-order valence-electron chi connectivity index (χ3n) is 6.75. The van der Waals surface area contributed by atoms with Crippen molar-refractivity contribution in [2.45, 2.75) is 0 Å². The minimum Gasteiger partial charge on any atom is -0.227 e. The molecule has 2 heterocycles. The number of rotatable bonds is 4. The Morgan fingerprint density at radius 2 is 0.892 bits per heavy atom. The van der Waals surface area contributed by atoms with E-state index in [2.05, 4.69) is 121 Å². The molecule has 0 saturated heterocycles. The molecule has 0 bridgehead atoms. The van der Waals surface area contributed by atoms with Crippen LogP contribution in [0.1, 0.15) is 0 Å². The average Bonchev–Trinajstić information content (AvgIpc) is 3.36. The highest BCUT2D eigenvalue weighted by molar-refractivity contribution is 7.25. The topological polar surface area (TPSA) is 25.8 Å². The van der Waals surface area contributed by atoms with E-state index in [0.29, 0.717) is 0 Å². The number of aromatic nitrogens is 2. The van der Waals surface area contributed by atoms with Crippen LogP contribution in [0.2, 0.25) is 0 Å². The fourth-order valence-electron chi connectivity index (χ4n) is 4.85. The predicted octanol–water partition coefficient (Wildman–Crippen LogP) is 9.51. The van der Waals surface area contributed by atoms with Crippen molar-refractivity contribution in [3.8, 4) is 44.9 Å². The first-order valence-electron chi connectivity index (χ1n) is 12.3. The van der Waals surface area contributed by atoms with Gasteiger partial charge in [-0.15, -0.1) is 11.3 Å². The largest absolute Gasteiger partial charge is 0.227 e. The molecular formula is C34H22N2S. The Hall–Kier alpha value is -4.60. The molecule has 7 aromatic rings. The Morgan fingerprint density at radius 3 is 1.51 bits per heavy atom. The van der Waals surface area contributed by atoms with Crippen LogP contribution < -0.4 is 0 Å². The van der Waals surface area contributed by atoms with Gasteiger partial charge >= 0.3 is 0 Å². The summed E-state index contributed by atoms with van der Waals surface area (Å²) in [5.74, 6) is 0.751. The number of benzene rings is 5. The molecule has 3 heteroatoms. The molecule has 0 atom stereocenters. The van der Waals surface area contributed by atoms with Gasteiger partial charge in [0.05, 0.1) is 5.69 Å². The molecule has 174 valence electrons. The zero-order valence-corrected chi connectivity index (χ0v) is 20.8. The molecule has 0 spiro atoms. The van der Waals surface area contributed by atoms with Crippen molar-refractivity contribution in [2.75, 3.05) is 0 Å². The first kappa shape index (κ1) is 21.7. The normalized spacial score (nSPS) is 11.2. The van der Waals surface area contributed by atoms with Crippen molar-refractivity contribution < 1.29 is 0 Å². The molecule has 0 aliphatic rings. The maximum Gasteiger partial charge on any atom is 0.161 e. The van der Waals surface area contributed by atoms with Crippen molar-refractivity contribution in [1.29, 1.82) is 0 Å². The van der Waals surface area contributed by atoms with Gasteiger partial charge < -0.3 is 0 Å². The lowest BCUT2D eigenvalue weighted by Crippen LogP contribution is -1.94. The molecule has 2 nitrogen and oxygen atoms in total. The summed E-state index contributed by atoms with van der Waals surface area (Å²) in [5.41, 5.74) is 7.88. The third kappa shape index (κ3) is 4.00. The molecule has 0 N–H and O–H groups in total. The highest BCUT2D eigenvalue weighted by Crippen LogP contribution is 2.40. The van der Waals surface area contributed by atoms with E-state index in [4.69, 9.17) is 9.97 Å². The van der Waals surface area contributed by atoms with Gasteiger partial charge in [0, 0.05) is 26.6 Å². The van der Waals surface area contributed by atoms with E-state index in [9.17, 15) is 0 Å². The van der Waals surface area contributed by atoms with Gasteiger partial charge in [-0.1, -0.05) is 127 Å². The quantitative estimate of drug-likeness (QED) is 0.245. The minimum atomic E-state index is 0.751. The van der Waals surface area contributed by atoms with E-state index >= 15 is 0 Å². The zero-order chi connectivity index (χ0) is 24.6. The molecule has 0 unspecified atom stereocenters. The molecule has 0 aliphatic heterocycles. The van der Waals surface area contributed by atoms with E-state index in [1.54, 1.807) is 11.3 Å². The first-order chi connectivity index (χ1) is 18.3. The second-order valence-corrected chi connectivity index (χ2v) is 10.1. The molecule has 0 fully saturated rings. The van der Waals surface area contributed by atoms with E-state index < -0.39 is 0 Å². The van der Waals surface area contributed by atoms with Crippen molar-refractivity contribution >= 4 is 31.6 Å². The van der Waals surface area contributed by atoms with Gasteiger partial charge in [-0.2, -0.15) is 0 Å². The number of nitrogens with zero attached hydrogens (tertiary/aromatic N) is 2. The number of fused-ring (bicyclic) bond motifs is 3. The highest BCUT2D eigenvalue weighted by Gasteiger charge is 2.17. The Bertz CT molecular complexity index is 1840. The summed E-state index contributed by atoms with van der Waals surface area (Å²) in [7, 11) is 0. The fraction of sp³-hybridized carbons (Fsp3) is 0. The SMILES string of the molecule is c1ccc(-c2ccc(-c3nc(-c4ccc(-c5ccccc5)cc4)c4c(n3)sc3ccccc34)cc2)cc1. The van der Waals surface area contributed by atoms with Crippen LogP contribution in [0.4, 0.5) is 0 Å². The van der Waals surface area contributed by atoms with Crippen LogP contribution in [0.25, 0.3) is 65.2 Å². The third-order valence-corrected chi connectivity index (χ3v) is 7.82. The molecule has 0 aliphatic carbocycles. The fourth-order valence-corrected chi connectivity index (χ4v) is 5.93. The van der Waals surface area contributed by atoms with Crippen molar-refractivity contribution in [3.05, 3.63) is 133 Å². The molecule has 0 amide bonds. The first-order valence-corrected chi connectivity index (χ1v) is 13.2. The number of thiophene rings is 1. The van der Waals surface area contributed by atoms with Gasteiger partial charge in [-0.3, -0.25) is 0 Å². The van der Waals surface area contributed by atoms with E-state index in [0.717, 1.165) is 32.9 Å². The van der Waals surface area contributed by atoms with E-state index in [1.165, 1.54) is 32.3 Å². The maximum atomic E-state index is 5.16.